The first-order chi connectivity index (χ1) is 12.5. The highest BCUT2D eigenvalue weighted by molar-refractivity contribution is 5.94. The molecule has 0 fully saturated rings. The number of halogens is 1. The van der Waals surface area contributed by atoms with Crippen LogP contribution in [-0.2, 0) is 13.6 Å². The first-order valence-corrected chi connectivity index (χ1v) is 8.20. The second kappa shape index (κ2) is 7.35. The Morgan fingerprint density at radius 1 is 1.19 bits per heavy atom. The van der Waals surface area contributed by atoms with Crippen molar-refractivity contribution in [2.45, 2.75) is 13.5 Å². The Kier molecular flexibility index (Phi) is 4.97. The summed E-state index contributed by atoms with van der Waals surface area (Å²) in [4.78, 5) is 24.4. The third-order valence-electron chi connectivity index (χ3n) is 4.03. The average molecular weight is 354 g/mol. The number of carbonyl (C=O) groups excluding carboxylic acids is 1. The van der Waals surface area contributed by atoms with Gasteiger partial charge in [0.2, 0.25) is 0 Å². The predicted molar refractivity (Wildman–Crippen MR) is 96.4 cm³/mol. The zero-order valence-electron chi connectivity index (χ0n) is 14.6. The van der Waals surface area contributed by atoms with Crippen LogP contribution in [0.1, 0.15) is 15.9 Å². The standard InChI is InChI=1S/C19H19FN4O2/c1-13-4-3-5-15(12-13)18(25)21-10-11-24-19(26)23(2)17(22-24)14-6-8-16(20)9-7-14/h3-9,12H,10-11H2,1-2H3,(H,21,25). The van der Waals surface area contributed by atoms with E-state index in [0.29, 0.717) is 17.0 Å². The third-order valence-corrected chi connectivity index (χ3v) is 4.03. The number of nitrogens with zero attached hydrogens (tertiary/aromatic N) is 3. The number of carbonyl (C=O) groups is 1. The van der Waals surface area contributed by atoms with Gasteiger partial charge in [-0.15, -0.1) is 5.10 Å². The molecule has 0 saturated carbocycles. The Hall–Kier alpha value is -3.22. The fraction of sp³-hybridized carbons (Fsp3) is 0.211. The van der Waals surface area contributed by atoms with Gasteiger partial charge < -0.3 is 5.32 Å². The zero-order chi connectivity index (χ0) is 18.7. The molecule has 0 unspecified atom stereocenters. The van der Waals surface area contributed by atoms with Crippen LogP contribution in [0.25, 0.3) is 11.4 Å². The molecule has 0 saturated heterocycles. The molecule has 0 spiro atoms. The van der Waals surface area contributed by atoms with E-state index in [1.54, 1.807) is 31.3 Å². The van der Waals surface area contributed by atoms with Crippen LogP contribution in [0, 0.1) is 12.7 Å². The lowest BCUT2D eigenvalue weighted by Gasteiger charge is -2.05. The molecule has 1 N–H and O–H groups in total. The Morgan fingerprint density at radius 3 is 2.62 bits per heavy atom. The smallest absolute Gasteiger partial charge is 0.345 e. The topological polar surface area (TPSA) is 68.9 Å². The zero-order valence-corrected chi connectivity index (χ0v) is 14.6. The summed E-state index contributed by atoms with van der Waals surface area (Å²) >= 11 is 0. The maximum atomic E-state index is 13.1. The van der Waals surface area contributed by atoms with E-state index < -0.39 is 0 Å². The minimum Gasteiger partial charge on any atom is -0.350 e. The van der Waals surface area contributed by atoms with Gasteiger partial charge in [-0.05, 0) is 43.3 Å². The molecular weight excluding hydrogens is 335 g/mol. The van der Waals surface area contributed by atoms with Gasteiger partial charge >= 0.3 is 5.69 Å². The van der Waals surface area contributed by atoms with Crippen LogP contribution >= 0.6 is 0 Å². The molecule has 3 rings (SSSR count). The minimum absolute atomic E-state index is 0.198. The summed E-state index contributed by atoms with van der Waals surface area (Å²) in [6, 6.07) is 13.1. The summed E-state index contributed by atoms with van der Waals surface area (Å²) < 4.78 is 15.7. The number of nitrogens with one attached hydrogen (secondary N) is 1. The van der Waals surface area contributed by atoms with Gasteiger partial charge in [-0.1, -0.05) is 17.7 Å². The van der Waals surface area contributed by atoms with E-state index in [1.165, 1.54) is 21.4 Å². The lowest BCUT2D eigenvalue weighted by molar-refractivity contribution is 0.0951. The maximum Gasteiger partial charge on any atom is 0.345 e. The Bertz CT molecular complexity index is 990. The van der Waals surface area contributed by atoms with Crippen molar-refractivity contribution >= 4 is 5.91 Å². The van der Waals surface area contributed by atoms with Gasteiger partial charge in [0.1, 0.15) is 5.82 Å². The summed E-state index contributed by atoms with van der Waals surface area (Å²) in [5.74, 6) is -0.103. The lowest BCUT2D eigenvalue weighted by atomic mass is 10.1. The van der Waals surface area contributed by atoms with Crippen molar-refractivity contribution < 1.29 is 9.18 Å². The molecule has 0 aliphatic carbocycles. The van der Waals surface area contributed by atoms with Crippen molar-refractivity contribution in [3.8, 4) is 11.4 Å². The van der Waals surface area contributed by atoms with Crippen LogP contribution in [0.3, 0.4) is 0 Å². The molecule has 0 atom stereocenters. The van der Waals surface area contributed by atoms with Crippen molar-refractivity contribution in [1.29, 1.82) is 0 Å². The van der Waals surface area contributed by atoms with Gasteiger partial charge in [0.15, 0.2) is 5.82 Å². The Morgan fingerprint density at radius 2 is 1.92 bits per heavy atom. The third kappa shape index (κ3) is 3.72. The summed E-state index contributed by atoms with van der Waals surface area (Å²) in [5.41, 5.74) is 1.93. The number of aryl methyl sites for hydroxylation is 1. The van der Waals surface area contributed by atoms with E-state index in [9.17, 15) is 14.0 Å². The fourth-order valence-electron chi connectivity index (χ4n) is 2.65. The largest absolute Gasteiger partial charge is 0.350 e. The molecule has 1 heterocycles. The van der Waals surface area contributed by atoms with E-state index in [-0.39, 0.29) is 30.5 Å². The van der Waals surface area contributed by atoms with Crippen LogP contribution in [-0.4, -0.2) is 26.8 Å². The first-order valence-electron chi connectivity index (χ1n) is 8.20. The summed E-state index contributed by atoms with van der Waals surface area (Å²) in [6.07, 6.45) is 0. The van der Waals surface area contributed by atoms with Crippen molar-refractivity contribution in [3.63, 3.8) is 0 Å². The van der Waals surface area contributed by atoms with Crippen LogP contribution in [0.2, 0.25) is 0 Å². The fourth-order valence-corrected chi connectivity index (χ4v) is 2.65. The molecule has 1 aromatic heterocycles. The lowest BCUT2D eigenvalue weighted by Crippen LogP contribution is -2.31. The highest BCUT2D eigenvalue weighted by Crippen LogP contribution is 2.15. The Balaban J connectivity index is 1.69. The molecule has 2 aromatic carbocycles. The molecule has 0 aliphatic rings. The van der Waals surface area contributed by atoms with Crippen molar-refractivity contribution in [2.24, 2.45) is 7.05 Å². The monoisotopic (exact) mass is 354 g/mol. The minimum atomic E-state index is -0.350. The summed E-state index contributed by atoms with van der Waals surface area (Å²) in [7, 11) is 1.61. The Labute approximate surface area is 149 Å². The van der Waals surface area contributed by atoms with Crippen LogP contribution < -0.4 is 11.0 Å². The summed E-state index contributed by atoms with van der Waals surface area (Å²) in [5, 5.41) is 7.07. The molecule has 6 nitrogen and oxygen atoms in total. The molecule has 26 heavy (non-hydrogen) atoms. The second-order valence-corrected chi connectivity index (χ2v) is 6.02. The summed E-state index contributed by atoms with van der Waals surface area (Å²) in [6.45, 7) is 2.43. The number of aromatic nitrogens is 3. The van der Waals surface area contributed by atoms with Crippen molar-refractivity contribution in [1.82, 2.24) is 19.7 Å². The van der Waals surface area contributed by atoms with E-state index in [2.05, 4.69) is 10.4 Å². The second-order valence-electron chi connectivity index (χ2n) is 6.02. The molecule has 0 bridgehead atoms. The van der Waals surface area contributed by atoms with E-state index in [0.717, 1.165) is 5.56 Å². The quantitative estimate of drug-likeness (QED) is 0.763. The van der Waals surface area contributed by atoms with Gasteiger partial charge in [-0.25, -0.2) is 13.9 Å². The molecule has 7 heteroatoms. The first kappa shape index (κ1) is 17.6. The maximum absolute atomic E-state index is 13.1. The van der Waals surface area contributed by atoms with Crippen molar-refractivity contribution in [3.05, 3.63) is 76.0 Å². The van der Waals surface area contributed by atoms with Crippen LogP contribution in [0.15, 0.2) is 53.3 Å². The highest BCUT2D eigenvalue weighted by atomic mass is 19.1. The van der Waals surface area contributed by atoms with E-state index >= 15 is 0 Å². The molecule has 1 amide bonds. The average Bonchev–Trinajstić information content (AvgIpc) is 2.91. The number of benzene rings is 2. The predicted octanol–water partition coefficient (Wildman–Crippen LogP) is 2.13. The van der Waals surface area contributed by atoms with Gasteiger partial charge in [0.05, 0.1) is 6.54 Å². The molecule has 134 valence electrons. The number of amides is 1. The molecular formula is C19H19FN4O2. The van der Waals surface area contributed by atoms with Gasteiger partial charge in [-0.3, -0.25) is 9.36 Å². The van der Waals surface area contributed by atoms with Gasteiger partial charge in [0.25, 0.3) is 5.91 Å². The van der Waals surface area contributed by atoms with Gasteiger partial charge in [0, 0.05) is 24.7 Å². The van der Waals surface area contributed by atoms with E-state index in [4.69, 9.17) is 0 Å². The van der Waals surface area contributed by atoms with Crippen molar-refractivity contribution in [2.75, 3.05) is 6.54 Å². The van der Waals surface area contributed by atoms with Gasteiger partial charge in [-0.2, -0.15) is 0 Å². The molecule has 3 aromatic rings. The number of hydrogen-bond acceptors (Lipinski definition) is 3. The molecule has 0 radical (unpaired) electrons. The SMILES string of the molecule is Cc1cccc(C(=O)NCCn2nc(-c3ccc(F)cc3)n(C)c2=O)c1. The number of hydrogen-bond donors (Lipinski definition) is 1. The van der Waals surface area contributed by atoms with Crippen LogP contribution in [0.5, 0.6) is 0 Å². The van der Waals surface area contributed by atoms with E-state index in [1.807, 2.05) is 19.1 Å². The normalized spacial score (nSPS) is 10.7. The van der Waals surface area contributed by atoms with Crippen LogP contribution in [0.4, 0.5) is 4.39 Å². The highest BCUT2D eigenvalue weighted by Gasteiger charge is 2.12. The molecule has 0 aliphatic heterocycles. The number of rotatable bonds is 5.